The largest absolute Gasteiger partial charge is 0.472 e. The van der Waals surface area contributed by atoms with Crippen LogP contribution in [-0.4, -0.2) is 96.7 Å². The second-order valence-electron chi connectivity index (χ2n) is 28.4. The average molecular weight is 1370 g/mol. The first-order chi connectivity index (χ1) is 44.6. The lowest BCUT2D eigenvalue weighted by atomic mass is 9.99. The van der Waals surface area contributed by atoms with Crippen LogP contribution < -0.4 is 0 Å². The summed E-state index contributed by atoms with van der Waals surface area (Å²) < 4.78 is 68.3. The number of carbonyl (C=O) groups is 4. The predicted molar refractivity (Wildman–Crippen MR) is 377 cm³/mol. The fraction of sp³-hybridized carbons (Fsp3) is 0.946. The number of aliphatic hydroxyl groups is 1. The van der Waals surface area contributed by atoms with E-state index in [9.17, 15) is 43.2 Å². The standard InChI is InChI=1S/C74H144O17P2/c1-9-67(8)53-45-37-28-22-18-16-14-12-10-11-13-15-17-19-23-30-40-48-56-73(78)90-70(61-85-72(77)55-47-39-33-32-36-44-52-66(6)7)63-89-93(82,83)87-59-68(75)58-86-92(80,81)88-62-69(91-74(79)57-49-41-31-25-27-35-43-51-65(4)5)60-84-71(76)54-46-38-29-24-20-21-26-34-42-50-64(2)3/h64-70,75H,9-63H2,1-8H3,(H,80,81)(H,82,83)/t67?,68-,69-,70-/m1/s1. The molecule has 6 atom stereocenters. The maximum absolute atomic E-state index is 13.0. The molecule has 3 unspecified atom stereocenters. The summed E-state index contributed by atoms with van der Waals surface area (Å²) in [5.74, 6) is 0.860. The van der Waals surface area contributed by atoms with E-state index >= 15 is 0 Å². The van der Waals surface area contributed by atoms with Crippen molar-refractivity contribution in [1.82, 2.24) is 0 Å². The number of carbonyl (C=O) groups excluding carboxylic acids is 4. The topological polar surface area (TPSA) is 237 Å². The summed E-state index contributed by atoms with van der Waals surface area (Å²) in [4.78, 5) is 72.6. The lowest BCUT2D eigenvalue weighted by Gasteiger charge is -2.21. The van der Waals surface area contributed by atoms with Gasteiger partial charge in [0.1, 0.15) is 19.3 Å². The van der Waals surface area contributed by atoms with Crippen molar-refractivity contribution in [2.45, 2.75) is 388 Å². The van der Waals surface area contributed by atoms with Gasteiger partial charge in [-0.2, -0.15) is 0 Å². The molecule has 0 aromatic carbocycles. The molecule has 0 aliphatic rings. The highest BCUT2D eigenvalue weighted by atomic mass is 31.2. The van der Waals surface area contributed by atoms with Gasteiger partial charge >= 0.3 is 39.5 Å². The molecule has 0 saturated carbocycles. The molecule has 0 saturated heterocycles. The van der Waals surface area contributed by atoms with Crippen LogP contribution in [0.25, 0.3) is 0 Å². The van der Waals surface area contributed by atoms with Crippen molar-refractivity contribution in [3.05, 3.63) is 0 Å². The Morgan fingerprint density at radius 3 is 0.763 bits per heavy atom. The van der Waals surface area contributed by atoms with E-state index in [0.29, 0.717) is 37.5 Å². The highest BCUT2D eigenvalue weighted by Crippen LogP contribution is 2.45. The molecule has 93 heavy (non-hydrogen) atoms. The first-order valence-corrected chi connectivity index (χ1v) is 41.2. The molecule has 0 bridgehead atoms. The third kappa shape index (κ3) is 67.0. The summed E-state index contributed by atoms with van der Waals surface area (Å²) in [6.45, 7) is 14.1. The van der Waals surface area contributed by atoms with E-state index in [1.165, 1.54) is 167 Å². The molecule has 17 nitrogen and oxygen atoms in total. The van der Waals surface area contributed by atoms with Gasteiger partial charge in [0, 0.05) is 25.7 Å². The van der Waals surface area contributed by atoms with Crippen LogP contribution in [-0.2, 0) is 65.4 Å². The summed E-state index contributed by atoms with van der Waals surface area (Å²) >= 11 is 0. The number of esters is 4. The number of phosphoric acid groups is 2. The Morgan fingerprint density at radius 1 is 0.301 bits per heavy atom. The van der Waals surface area contributed by atoms with E-state index in [1.807, 2.05) is 0 Å². The molecule has 0 spiro atoms. The second kappa shape index (κ2) is 63.5. The van der Waals surface area contributed by atoms with Crippen LogP contribution in [0.5, 0.6) is 0 Å². The van der Waals surface area contributed by atoms with Crippen molar-refractivity contribution >= 4 is 39.5 Å². The molecule has 0 heterocycles. The highest BCUT2D eigenvalue weighted by Gasteiger charge is 2.30. The Balaban J connectivity index is 5.13. The molecule has 3 N–H and O–H groups in total. The molecule has 0 rings (SSSR count). The molecule has 0 aromatic rings. The SMILES string of the molecule is CCC(C)CCCCCCCCCCCCCCCCCCCCC(=O)O[C@H](COC(=O)CCCCCCCCC(C)C)COP(=O)(O)OC[C@H](O)COP(=O)(O)OC[C@@H](COC(=O)CCCCCCCCCCCC(C)C)OC(=O)CCCCCCCCCC(C)C. The number of hydrogen-bond acceptors (Lipinski definition) is 15. The number of ether oxygens (including phenoxy) is 4. The summed E-state index contributed by atoms with van der Waals surface area (Å²) in [7, 11) is -9.91. The number of unbranched alkanes of at least 4 members (excludes halogenated alkanes) is 36. The van der Waals surface area contributed by atoms with Gasteiger partial charge in [-0.3, -0.25) is 37.3 Å². The van der Waals surface area contributed by atoms with E-state index in [4.69, 9.17) is 37.0 Å². The van der Waals surface area contributed by atoms with Crippen LogP contribution in [0.2, 0.25) is 0 Å². The van der Waals surface area contributed by atoms with Gasteiger partial charge in [-0.25, -0.2) is 9.13 Å². The minimum absolute atomic E-state index is 0.103. The Kier molecular flexibility index (Phi) is 62.2. The average Bonchev–Trinajstić information content (AvgIpc) is 2.39. The lowest BCUT2D eigenvalue weighted by Crippen LogP contribution is -2.30. The number of aliphatic hydroxyl groups excluding tert-OH is 1. The normalized spacial score (nSPS) is 14.5. The summed E-state index contributed by atoms with van der Waals surface area (Å²) in [6, 6.07) is 0. The fourth-order valence-corrected chi connectivity index (χ4v) is 12.7. The Labute approximate surface area is 568 Å². The summed E-state index contributed by atoms with van der Waals surface area (Å²) in [6.07, 6.45) is 47.6. The van der Waals surface area contributed by atoms with Crippen molar-refractivity contribution in [2.24, 2.45) is 23.7 Å². The van der Waals surface area contributed by atoms with E-state index in [-0.39, 0.29) is 25.7 Å². The van der Waals surface area contributed by atoms with Gasteiger partial charge in [0.05, 0.1) is 26.4 Å². The Hall–Kier alpha value is -1.94. The Morgan fingerprint density at radius 2 is 0.516 bits per heavy atom. The third-order valence-corrected chi connectivity index (χ3v) is 19.3. The van der Waals surface area contributed by atoms with Crippen LogP contribution >= 0.6 is 15.6 Å². The zero-order valence-corrected chi connectivity index (χ0v) is 62.7. The number of phosphoric ester groups is 2. The molecule has 0 amide bonds. The van der Waals surface area contributed by atoms with Crippen LogP contribution in [0.3, 0.4) is 0 Å². The number of rotatable bonds is 71. The smallest absolute Gasteiger partial charge is 0.462 e. The summed E-state index contributed by atoms with van der Waals surface area (Å²) in [5, 5.41) is 10.6. The van der Waals surface area contributed by atoms with Crippen molar-refractivity contribution < 1.29 is 80.2 Å². The minimum Gasteiger partial charge on any atom is -0.462 e. The summed E-state index contributed by atoms with van der Waals surface area (Å²) in [5.41, 5.74) is 0. The molecular formula is C74H144O17P2. The molecule has 0 aliphatic carbocycles. The first-order valence-electron chi connectivity index (χ1n) is 38.2. The molecule has 0 aliphatic heterocycles. The van der Waals surface area contributed by atoms with Gasteiger partial charge in [-0.05, 0) is 49.4 Å². The first kappa shape index (κ1) is 91.1. The van der Waals surface area contributed by atoms with Crippen molar-refractivity contribution in [1.29, 1.82) is 0 Å². The zero-order chi connectivity index (χ0) is 68.9. The predicted octanol–water partition coefficient (Wildman–Crippen LogP) is 21.3. The highest BCUT2D eigenvalue weighted by molar-refractivity contribution is 7.47. The van der Waals surface area contributed by atoms with Crippen LogP contribution in [0.15, 0.2) is 0 Å². The monoisotopic (exact) mass is 1370 g/mol. The van der Waals surface area contributed by atoms with Crippen LogP contribution in [0.4, 0.5) is 0 Å². The van der Waals surface area contributed by atoms with Gasteiger partial charge in [-0.1, -0.05) is 319 Å². The maximum Gasteiger partial charge on any atom is 0.472 e. The molecule has 0 radical (unpaired) electrons. The third-order valence-electron chi connectivity index (χ3n) is 17.4. The second-order valence-corrected chi connectivity index (χ2v) is 31.3. The van der Waals surface area contributed by atoms with Gasteiger partial charge in [-0.15, -0.1) is 0 Å². The van der Waals surface area contributed by atoms with Gasteiger partial charge < -0.3 is 33.8 Å². The van der Waals surface area contributed by atoms with Crippen molar-refractivity contribution in [2.75, 3.05) is 39.6 Å². The van der Waals surface area contributed by atoms with E-state index in [0.717, 1.165) is 108 Å². The van der Waals surface area contributed by atoms with Crippen molar-refractivity contribution in [3.8, 4) is 0 Å². The fourth-order valence-electron chi connectivity index (χ4n) is 11.2. The van der Waals surface area contributed by atoms with Crippen LogP contribution in [0.1, 0.15) is 370 Å². The van der Waals surface area contributed by atoms with Gasteiger partial charge in [0.25, 0.3) is 0 Å². The van der Waals surface area contributed by atoms with E-state index < -0.39 is 97.5 Å². The Bertz CT molecular complexity index is 1840. The molecule has 0 aromatic heterocycles. The molecule has 552 valence electrons. The quantitative estimate of drug-likeness (QED) is 0.0222. The van der Waals surface area contributed by atoms with E-state index in [2.05, 4.69) is 55.4 Å². The maximum atomic E-state index is 13.0. The van der Waals surface area contributed by atoms with Crippen molar-refractivity contribution in [3.63, 3.8) is 0 Å². The minimum atomic E-state index is -4.95. The van der Waals surface area contributed by atoms with Gasteiger partial charge in [0.2, 0.25) is 0 Å². The van der Waals surface area contributed by atoms with E-state index in [1.54, 1.807) is 0 Å². The lowest BCUT2D eigenvalue weighted by molar-refractivity contribution is -0.161. The number of hydrogen-bond donors (Lipinski definition) is 3. The molecule has 0 fully saturated rings. The molecule has 19 heteroatoms. The molecular weight excluding hydrogens is 1220 g/mol. The zero-order valence-electron chi connectivity index (χ0n) is 60.9. The van der Waals surface area contributed by atoms with Crippen LogP contribution in [0, 0.1) is 23.7 Å². The van der Waals surface area contributed by atoms with Gasteiger partial charge in [0.15, 0.2) is 12.2 Å².